The Morgan fingerprint density at radius 3 is 2.50 bits per heavy atom. The van der Waals surface area contributed by atoms with Gasteiger partial charge in [-0.2, -0.15) is 0 Å². The van der Waals surface area contributed by atoms with Crippen LogP contribution < -0.4 is 16.4 Å². The van der Waals surface area contributed by atoms with Gasteiger partial charge in [-0.25, -0.2) is 9.18 Å². The number of carboxylic acids is 1. The predicted molar refractivity (Wildman–Crippen MR) is 74.1 cm³/mol. The molecule has 0 aliphatic rings. The van der Waals surface area contributed by atoms with Gasteiger partial charge in [0.25, 0.3) is 0 Å². The summed E-state index contributed by atoms with van der Waals surface area (Å²) in [6, 6.07) is 2.06. The molecule has 6 nitrogen and oxygen atoms in total. The van der Waals surface area contributed by atoms with Crippen molar-refractivity contribution < 1.29 is 19.1 Å². The zero-order valence-electron chi connectivity index (χ0n) is 11.6. The minimum absolute atomic E-state index is 0.108. The maximum atomic E-state index is 13.6. The molecule has 0 aliphatic heterocycles. The second-order valence-electron chi connectivity index (χ2n) is 5.04. The van der Waals surface area contributed by atoms with E-state index in [-0.39, 0.29) is 23.8 Å². The minimum Gasteiger partial charge on any atom is -0.478 e. The minimum atomic E-state index is -1.38. The molecule has 0 bridgehead atoms. The maximum Gasteiger partial charge on any atom is 0.338 e. The SMILES string of the molecule is CNC(=O)C(C)(C)CNc1cc(F)c(C(=O)O)cc1N. The molecular weight excluding hydrogens is 265 g/mol. The van der Waals surface area contributed by atoms with E-state index in [0.29, 0.717) is 0 Å². The van der Waals surface area contributed by atoms with E-state index >= 15 is 0 Å². The van der Waals surface area contributed by atoms with Crippen LogP contribution >= 0.6 is 0 Å². The molecule has 7 heteroatoms. The van der Waals surface area contributed by atoms with Crippen LogP contribution in [0.2, 0.25) is 0 Å². The van der Waals surface area contributed by atoms with Gasteiger partial charge in [0.1, 0.15) is 5.82 Å². The van der Waals surface area contributed by atoms with Crippen molar-refractivity contribution in [3.8, 4) is 0 Å². The molecule has 20 heavy (non-hydrogen) atoms. The van der Waals surface area contributed by atoms with Gasteiger partial charge in [0.05, 0.1) is 22.4 Å². The number of carbonyl (C=O) groups excluding carboxylic acids is 1. The Morgan fingerprint density at radius 2 is 2.00 bits per heavy atom. The summed E-state index contributed by atoms with van der Waals surface area (Å²) in [5.74, 6) is -2.44. The summed E-state index contributed by atoms with van der Waals surface area (Å²) >= 11 is 0. The number of rotatable bonds is 5. The number of nitrogens with one attached hydrogen (secondary N) is 2. The van der Waals surface area contributed by atoms with Crippen molar-refractivity contribution in [2.75, 3.05) is 24.6 Å². The fourth-order valence-electron chi connectivity index (χ4n) is 1.64. The van der Waals surface area contributed by atoms with E-state index in [1.807, 2.05) is 0 Å². The van der Waals surface area contributed by atoms with Gasteiger partial charge < -0.3 is 21.5 Å². The molecule has 1 aromatic rings. The molecule has 0 atom stereocenters. The van der Waals surface area contributed by atoms with Crippen molar-refractivity contribution in [3.63, 3.8) is 0 Å². The molecule has 110 valence electrons. The first-order chi connectivity index (χ1) is 9.19. The summed E-state index contributed by atoms with van der Waals surface area (Å²) in [7, 11) is 1.53. The Hall–Kier alpha value is -2.31. The first-order valence-electron chi connectivity index (χ1n) is 5.97. The number of hydrogen-bond donors (Lipinski definition) is 4. The normalized spacial score (nSPS) is 11.0. The summed E-state index contributed by atoms with van der Waals surface area (Å²) in [5, 5.41) is 14.2. The second-order valence-corrected chi connectivity index (χ2v) is 5.04. The van der Waals surface area contributed by atoms with E-state index in [1.54, 1.807) is 13.8 Å². The molecule has 0 unspecified atom stereocenters. The first-order valence-corrected chi connectivity index (χ1v) is 5.97. The second kappa shape index (κ2) is 5.77. The fourth-order valence-corrected chi connectivity index (χ4v) is 1.64. The molecule has 0 saturated carbocycles. The molecule has 0 saturated heterocycles. The lowest BCUT2D eigenvalue weighted by molar-refractivity contribution is -0.128. The van der Waals surface area contributed by atoms with Crippen LogP contribution in [-0.2, 0) is 4.79 Å². The average molecular weight is 283 g/mol. The van der Waals surface area contributed by atoms with Crippen molar-refractivity contribution >= 4 is 23.3 Å². The van der Waals surface area contributed by atoms with Crippen molar-refractivity contribution in [3.05, 3.63) is 23.5 Å². The Kier molecular flexibility index (Phi) is 4.54. The highest BCUT2D eigenvalue weighted by Gasteiger charge is 2.26. The van der Waals surface area contributed by atoms with Crippen molar-refractivity contribution in [2.45, 2.75) is 13.8 Å². The van der Waals surface area contributed by atoms with E-state index in [4.69, 9.17) is 10.8 Å². The third-order valence-corrected chi connectivity index (χ3v) is 2.93. The topological polar surface area (TPSA) is 104 Å². The number of benzene rings is 1. The third kappa shape index (κ3) is 3.37. The van der Waals surface area contributed by atoms with Crippen LogP contribution in [0.15, 0.2) is 12.1 Å². The van der Waals surface area contributed by atoms with Gasteiger partial charge in [0, 0.05) is 13.6 Å². The number of anilines is 2. The fraction of sp³-hybridized carbons (Fsp3) is 0.385. The molecule has 0 fully saturated rings. The largest absolute Gasteiger partial charge is 0.478 e. The van der Waals surface area contributed by atoms with Gasteiger partial charge in [-0.05, 0) is 26.0 Å². The van der Waals surface area contributed by atoms with Gasteiger partial charge in [-0.15, -0.1) is 0 Å². The lowest BCUT2D eigenvalue weighted by Crippen LogP contribution is -2.39. The summed E-state index contributed by atoms with van der Waals surface area (Å²) in [6.07, 6.45) is 0. The van der Waals surface area contributed by atoms with Gasteiger partial charge in [-0.1, -0.05) is 0 Å². The van der Waals surface area contributed by atoms with Crippen LogP contribution in [0.1, 0.15) is 24.2 Å². The molecule has 0 aromatic heterocycles. The zero-order valence-corrected chi connectivity index (χ0v) is 11.6. The average Bonchev–Trinajstić information content (AvgIpc) is 2.37. The number of nitrogens with two attached hydrogens (primary N) is 1. The first kappa shape index (κ1) is 15.7. The number of nitrogen functional groups attached to an aromatic ring is 1. The van der Waals surface area contributed by atoms with Crippen molar-refractivity contribution in [1.29, 1.82) is 0 Å². The smallest absolute Gasteiger partial charge is 0.338 e. The summed E-state index contributed by atoms with van der Waals surface area (Å²) in [4.78, 5) is 22.4. The summed E-state index contributed by atoms with van der Waals surface area (Å²) < 4.78 is 13.6. The van der Waals surface area contributed by atoms with Crippen LogP contribution in [0.25, 0.3) is 0 Å². The lowest BCUT2D eigenvalue weighted by atomic mass is 9.92. The predicted octanol–water partition coefficient (Wildman–Crippen LogP) is 1.29. The zero-order chi connectivity index (χ0) is 15.5. The third-order valence-electron chi connectivity index (χ3n) is 2.93. The summed E-state index contributed by atoms with van der Waals surface area (Å²) in [5.41, 5.74) is 4.83. The highest BCUT2D eigenvalue weighted by molar-refractivity contribution is 5.91. The molecule has 0 spiro atoms. The van der Waals surface area contributed by atoms with Crippen LogP contribution in [0.5, 0.6) is 0 Å². The number of carbonyl (C=O) groups is 2. The van der Waals surface area contributed by atoms with E-state index in [9.17, 15) is 14.0 Å². The molecule has 1 rings (SSSR count). The van der Waals surface area contributed by atoms with Gasteiger partial charge in [0.2, 0.25) is 5.91 Å². The van der Waals surface area contributed by atoms with Crippen LogP contribution in [0, 0.1) is 11.2 Å². The number of amides is 1. The highest BCUT2D eigenvalue weighted by Crippen LogP contribution is 2.25. The Bertz CT molecular complexity index is 544. The maximum absolute atomic E-state index is 13.6. The molecule has 0 aliphatic carbocycles. The van der Waals surface area contributed by atoms with Crippen molar-refractivity contribution in [2.24, 2.45) is 5.41 Å². The molecule has 5 N–H and O–H groups in total. The molecule has 1 amide bonds. The lowest BCUT2D eigenvalue weighted by Gasteiger charge is -2.24. The highest BCUT2D eigenvalue weighted by atomic mass is 19.1. The number of carboxylic acid groups (broad SMARTS) is 1. The standard InChI is InChI=1S/C13H18FN3O3/c1-13(2,12(20)16-3)6-17-10-5-8(14)7(11(18)19)4-9(10)15/h4-5,17H,6,15H2,1-3H3,(H,16,20)(H,18,19). The Labute approximate surface area is 116 Å². The van der Waals surface area contributed by atoms with E-state index < -0.39 is 22.8 Å². The van der Waals surface area contributed by atoms with Gasteiger partial charge >= 0.3 is 5.97 Å². The molecule has 0 heterocycles. The number of halogens is 1. The molecule has 1 aromatic carbocycles. The quantitative estimate of drug-likeness (QED) is 0.609. The van der Waals surface area contributed by atoms with Crippen LogP contribution in [-0.4, -0.2) is 30.6 Å². The Balaban J connectivity index is 2.92. The van der Waals surface area contributed by atoms with Crippen LogP contribution in [0.3, 0.4) is 0 Å². The van der Waals surface area contributed by atoms with E-state index in [1.165, 1.54) is 7.05 Å². The molecular formula is C13H18FN3O3. The number of aromatic carboxylic acids is 1. The van der Waals surface area contributed by atoms with E-state index in [0.717, 1.165) is 12.1 Å². The van der Waals surface area contributed by atoms with Crippen molar-refractivity contribution in [1.82, 2.24) is 5.32 Å². The Morgan fingerprint density at radius 1 is 1.40 bits per heavy atom. The number of hydrogen-bond acceptors (Lipinski definition) is 4. The molecule has 0 radical (unpaired) electrons. The van der Waals surface area contributed by atoms with Gasteiger partial charge in [0.15, 0.2) is 0 Å². The summed E-state index contributed by atoms with van der Waals surface area (Å²) in [6.45, 7) is 3.66. The monoisotopic (exact) mass is 283 g/mol. The van der Waals surface area contributed by atoms with E-state index in [2.05, 4.69) is 10.6 Å². The van der Waals surface area contributed by atoms with Gasteiger partial charge in [-0.3, -0.25) is 4.79 Å². The van der Waals surface area contributed by atoms with Crippen LogP contribution in [0.4, 0.5) is 15.8 Å².